The van der Waals surface area contributed by atoms with Crippen LogP contribution in [0.1, 0.15) is 33.6 Å². The van der Waals surface area contributed by atoms with Gasteiger partial charge in [0.2, 0.25) is 15.9 Å². The van der Waals surface area contributed by atoms with E-state index in [2.05, 4.69) is 15.4 Å². The predicted molar refractivity (Wildman–Crippen MR) is 91.2 cm³/mol. The highest BCUT2D eigenvalue weighted by atomic mass is 32.2. The van der Waals surface area contributed by atoms with Crippen LogP contribution in [0, 0.1) is 0 Å². The van der Waals surface area contributed by atoms with Crippen molar-refractivity contribution in [3.63, 3.8) is 0 Å². The van der Waals surface area contributed by atoms with Crippen LogP contribution < -0.4 is 15.4 Å². The largest absolute Gasteiger partial charge is 0.332 e. The third kappa shape index (κ3) is 5.70. The number of anilines is 1. The smallest absolute Gasteiger partial charge is 0.240 e. The lowest BCUT2D eigenvalue weighted by Gasteiger charge is -2.13. The number of sulfonamides is 1. The third-order valence-corrected chi connectivity index (χ3v) is 4.77. The van der Waals surface area contributed by atoms with Crippen LogP contribution in [-0.4, -0.2) is 25.5 Å². The van der Waals surface area contributed by atoms with E-state index in [0.717, 1.165) is 0 Å². The Morgan fingerprint density at radius 1 is 1.23 bits per heavy atom. The van der Waals surface area contributed by atoms with Gasteiger partial charge >= 0.3 is 0 Å². The molecule has 122 valence electrons. The van der Waals surface area contributed by atoms with Crippen molar-refractivity contribution in [2.75, 3.05) is 5.32 Å². The van der Waals surface area contributed by atoms with Crippen molar-refractivity contribution in [1.82, 2.24) is 10.0 Å². The Morgan fingerprint density at radius 2 is 1.82 bits per heavy atom. The van der Waals surface area contributed by atoms with Gasteiger partial charge in [-0.3, -0.25) is 4.79 Å². The Kier molecular flexibility index (Phi) is 6.92. The van der Waals surface area contributed by atoms with Gasteiger partial charge in [-0.05, 0) is 49.8 Å². The van der Waals surface area contributed by atoms with Crippen molar-refractivity contribution in [1.29, 1.82) is 0 Å². The van der Waals surface area contributed by atoms with Crippen LogP contribution in [0.5, 0.6) is 0 Å². The molecule has 1 atom stereocenters. The normalized spacial score (nSPS) is 12.5. The number of nitrogens with one attached hydrogen (secondary N) is 3. The maximum atomic E-state index is 12.1. The molecular formula is C14H21N3O3S2. The molecule has 0 heterocycles. The van der Waals surface area contributed by atoms with E-state index < -0.39 is 10.0 Å². The fourth-order valence-corrected chi connectivity index (χ4v) is 3.07. The molecule has 3 N–H and O–H groups in total. The summed E-state index contributed by atoms with van der Waals surface area (Å²) in [6.45, 7) is 5.44. The van der Waals surface area contributed by atoms with E-state index in [-0.39, 0.29) is 22.0 Å². The molecule has 0 fully saturated rings. The average molecular weight is 343 g/mol. The fraction of sp³-hybridized carbons (Fsp3) is 0.429. The summed E-state index contributed by atoms with van der Waals surface area (Å²) in [6.07, 6.45) is 1.05. The number of hydrogen-bond donors (Lipinski definition) is 3. The van der Waals surface area contributed by atoms with E-state index in [1.165, 1.54) is 12.1 Å². The van der Waals surface area contributed by atoms with Gasteiger partial charge in [0.25, 0.3) is 0 Å². The van der Waals surface area contributed by atoms with Crippen molar-refractivity contribution in [2.45, 2.75) is 44.6 Å². The summed E-state index contributed by atoms with van der Waals surface area (Å²) in [4.78, 5) is 11.4. The van der Waals surface area contributed by atoms with Crippen LogP contribution in [0.3, 0.4) is 0 Å². The Bertz CT molecular complexity index is 627. The summed E-state index contributed by atoms with van der Waals surface area (Å²) in [5.41, 5.74) is 0.601. The SMILES string of the molecule is CCC(=O)NC(=S)Nc1ccc(S(=O)(=O)NC(C)CC)cc1. The molecule has 6 nitrogen and oxygen atoms in total. The molecule has 0 saturated heterocycles. The molecule has 0 radical (unpaired) electrons. The Morgan fingerprint density at radius 3 is 2.32 bits per heavy atom. The molecule has 0 aromatic heterocycles. The van der Waals surface area contributed by atoms with E-state index in [4.69, 9.17) is 12.2 Å². The van der Waals surface area contributed by atoms with Gasteiger partial charge in [0.15, 0.2) is 5.11 Å². The van der Waals surface area contributed by atoms with Gasteiger partial charge in [0.05, 0.1) is 4.90 Å². The van der Waals surface area contributed by atoms with Crippen molar-refractivity contribution in [3.8, 4) is 0 Å². The van der Waals surface area contributed by atoms with Crippen molar-refractivity contribution in [3.05, 3.63) is 24.3 Å². The second-order valence-corrected chi connectivity index (χ2v) is 6.93. The fourth-order valence-electron chi connectivity index (χ4n) is 1.51. The van der Waals surface area contributed by atoms with Crippen LogP contribution in [0.2, 0.25) is 0 Å². The summed E-state index contributed by atoms with van der Waals surface area (Å²) in [7, 11) is -3.52. The van der Waals surface area contributed by atoms with E-state index in [9.17, 15) is 13.2 Å². The first kappa shape index (κ1) is 18.5. The number of carbonyl (C=O) groups is 1. The van der Waals surface area contributed by atoms with E-state index in [1.54, 1.807) is 19.1 Å². The van der Waals surface area contributed by atoms with Gasteiger partial charge in [-0.25, -0.2) is 13.1 Å². The Labute approximate surface area is 136 Å². The van der Waals surface area contributed by atoms with Gasteiger partial charge in [0, 0.05) is 18.2 Å². The summed E-state index contributed by atoms with van der Waals surface area (Å²) in [5.74, 6) is -0.186. The summed E-state index contributed by atoms with van der Waals surface area (Å²) >= 11 is 4.98. The standard InChI is InChI=1S/C14H21N3O3S2/c1-4-10(3)17-22(19,20)12-8-6-11(7-9-12)15-14(21)16-13(18)5-2/h6-10,17H,4-5H2,1-3H3,(H2,15,16,18,21). The lowest BCUT2D eigenvalue weighted by atomic mass is 10.3. The molecular weight excluding hydrogens is 322 g/mol. The summed E-state index contributed by atoms with van der Waals surface area (Å²) < 4.78 is 26.8. The summed E-state index contributed by atoms with van der Waals surface area (Å²) in [6, 6.07) is 6.03. The number of amides is 1. The molecule has 22 heavy (non-hydrogen) atoms. The van der Waals surface area contributed by atoms with Crippen molar-refractivity contribution < 1.29 is 13.2 Å². The van der Waals surface area contributed by atoms with Gasteiger partial charge in [-0.1, -0.05) is 13.8 Å². The lowest BCUT2D eigenvalue weighted by molar-refractivity contribution is -0.119. The molecule has 0 aliphatic heterocycles. The highest BCUT2D eigenvalue weighted by Gasteiger charge is 2.16. The minimum atomic E-state index is -3.52. The number of thiocarbonyl (C=S) groups is 1. The number of benzene rings is 1. The molecule has 8 heteroatoms. The highest BCUT2D eigenvalue weighted by molar-refractivity contribution is 7.89. The van der Waals surface area contributed by atoms with Gasteiger partial charge < -0.3 is 10.6 Å². The first-order valence-electron chi connectivity index (χ1n) is 7.01. The number of carbonyl (C=O) groups excluding carboxylic acids is 1. The van der Waals surface area contributed by atoms with Gasteiger partial charge in [0.1, 0.15) is 0 Å². The number of rotatable bonds is 6. The van der Waals surface area contributed by atoms with E-state index in [0.29, 0.717) is 18.5 Å². The first-order chi connectivity index (χ1) is 10.3. The predicted octanol–water partition coefficient (Wildman–Crippen LogP) is 1.99. The molecule has 1 unspecified atom stereocenters. The second-order valence-electron chi connectivity index (χ2n) is 4.81. The monoisotopic (exact) mass is 343 g/mol. The van der Waals surface area contributed by atoms with Crippen molar-refractivity contribution in [2.24, 2.45) is 0 Å². The minimum Gasteiger partial charge on any atom is -0.332 e. The maximum Gasteiger partial charge on any atom is 0.240 e. The van der Waals surface area contributed by atoms with Crippen LogP contribution in [-0.2, 0) is 14.8 Å². The Hall–Kier alpha value is -1.51. The molecule has 1 aromatic carbocycles. The minimum absolute atomic E-state index is 0.125. The topological polar surface area (TPSA) is 87.3 Å². The van der Waals surface area contributed by atoms with Crippen LogP contribution >= 0.6 is 12.2 Å². The molecule has 1 rings (SSSR count). The summed E-state index contributed by atoms with van der Waals surface area (Å²) in [5, 5.41) is 5.51. The van der Waals surface area contributed by atoms with Crippen molar-refractivity contribution >= 4 is 38.9 Å². The Balaban J connectivity index is 2.74. The zero-order valence-electron chi connectivity index (χ0n) is 12.8. The second kappa shape index (κ2) is 8.21. The molecule has 0 spiro atoms. The van der Waals surface area contributed by atoms with E-state index >= 15 is 0 Å². The van der Waals surface area contributed by atoms with E-state index in [1.807, 2.05) is 13.8 Å². The lowest BCUT2D eigenvalue weighted by Crippen LogP contribution is -2.33. The maximum absolute atomic E-state index is 12.1. The molecule has 1 amide bonds. The van der Waals surface area contributed by atoms with Gasteiger partial charge in [-0.15, -0.1) is 0 Å². The highest BCUT2D eigenvalue weighted by Crippen LogP contribution is 2.14. The zero-order chi connectivity index (χ0) is 16.8. The molecule has 0 aliphatic carbocycles. The van der Waals surface area contributed by atoms with Crippen LogP contribution in [0.4, 0.5) is 5.69 Å². The molecule has 1 aromatic rings. The number of hydrogen-bond acceptors (Lipinski definition) is 4. The zero-order valence-corrected chi connectivity index (χ0v) is 14.5. The van der Waals surface area contributed by atoms with Crippen LogP contribution in [0.15, 0.2) is 29.2 Å². The quantitative estimate of drug-likeness (QED) is 0.688. The van der Waals surface area contributed by atoms with Crippen LogP contribution in [0.25, 0.3) is 0 Å². The third-order valence-electron chi connectivity index (χ3n) is 2.97. The first-order valence-corrected chi connectivity index (χ1v) is 8.90. The average Bonchev–Trinajstić information content (AvgIpc) is 2.46. The molecule has 0 saturated carbocycles. The van der Waals surface area contributed by atoms with Gasteiger partial charge in [-0.2, -0.15) is 0 Å². The molecule has 0 aliphatic rings. The molecule has 0 bridgehead atoms.